The fourth-order valence-corrected chi connectivity index (χ4v) is 2.88. The standard InChI is InChI=1S/C17H14ClN5/c1-9-7-14-12(8-19-9)16(11-5-3-4-6-13(11)18)21-15-10(2)22-23-17(15)20-14/h3-8H,1-2H3,(H2,20,22,23). The van der Waals surface area contributed by atoms with Gasteiger partial charge in [-0.25, -0.2) is 4.99 Å². The summed E-state index contributed by atoms with van der Waals surface area (Å²) < 4.78 is 0. The maximum atomic E-state index is 6.40. The number of pyridine rings is 1. The van der Waals surface area contributed by atoms with Crippen LogP contribution in [0.2, 0.25) is 5.02 Å². The van der Waals surface area contributed by atoms with E-state index in [4.69, 9.17) is 16.6 Å². The number of nitrogens with one attached hydrogen (secondary N) is 2. The fourth-order valence-electron chi connectivity index (χ4n) is 2.66. The van der Waals surface area contributed by atoms with E-state index in [0.29, 0.717) is 10.8 Å². The van der Waals surface area contributed by atoms with Crippen LogP contribution in [0.25, 0.3) is 0 Å². The predicted octanol–water partition coefficient (Wildman–Crippen LogP) is 4.30. The molecular formula is C17H14ClN5. The van der Waals surface area contributed by atoms with Crippen LogP contribution in [0.1, 0.15) is 22.5 Å². The van der Waals surface area contributed by atoms with Crippen molar-refractivity contribution >= 4 is 34.5 Å². The van der Waals surface area contributed by atoms with E-state index in [-0.39, 0.29) is 0 Å². The second kappa shape index (κ2) is 5.21. The molecule has 2 N–H and O–H groups in total. The number of nitrogens with zero attached hydrogens (tertiary/aromatic N) is 3. The lowest BCUT2D eigenvalue weighted by atomic mass is 10.0. The number of hydrogen-bond acceptors (Lipinski definition) is 4. The molecule has 0 spiro atoms. The minimum absolute atomic E-state index is 0.655. The maximum absolute atomic E-state index is 6.40. The SMILES string of the molecule is Cc1cc2c(cn1)C(c1ccccc1Cl)=Nc1c(n[nH]c1C)N2. The third-order valence-electron chi connectivity index (χ3n) is 3.82. The highest BCUT2D eigenvalue weighted by Gasteiger charge is 2.22. The normalized spacial score (nSPS) is 12.7. The van der Waals surface area contributed by atoms with E-state index in [1.54, 1.807) is 0 Å². The lowest BCUT2D eigenvalue weighted by Crippen LogP contribution is -2.07. The maximum Gasteiger partial charge on any atom is 0.178 e. The van der Waals surface area contributed by atoms with Gasteiger partial charge in [0.15, 0.2) is 5.82 Å². The van der Waals surface area contributed by atoms with Gasteiger partial charge >= 0.3 is 0 Å². The molecule has 23 heavy (non-hydrogen) atoms. The Morgan fingerprint density at radius 2 is 1.91 bits per heavy atom. The van der Waals surface area contributed by atoms with Crippen LogP contribution in [-0.4, -0.2) is 20.9 Å². The zero-order valence-electron chi connectivity index (χ0n) is 12.7. The van der Waals surface area contributed by atoms with Gasteiger partial charge in [0.2, 0.25) is 0 Å². The number of rotatable bonds is 1. The topological polar surface area (TPSA) is 66.0 Å². The minimum atomic E-state index is 0.655. The molecule has 0 bridgehead atoms. The van der Waals surface area contributed by atoms with Gasteiger partial charge in [-0.15, -0.1) is 0 Å². The van der Waals surface area contributed by atoms with Gasteiger partial charge in [0.25, 0.3) is 0 Å². The smallest absolute Gasteiger partial charge is 0.178 e. The number of benzene rings is 1. The summed E-state index contributed by atoms with van der Waals surface area (Å²) in [7, 11) is 0. The fraction of sp³-hybridized carbons (Fsp3) is 0.118. The number of aromatic nitrogens is 3. The van der Waals surface area contributed by atoms with Crippen LogP contribution >= 0.6 is 11.6 Å². The van der Waals surface area contributed by atoms with E-state index >= 15 is 0 Å². The highest BCUT2D eigenvalue weighted by Crippen LogP contribution is 2.37. The molecule has 0 atom stereocenters. The van der Waals surface area contributed by atoms with Gasteiger partial charge in [-0.05, 0) is 26.0 Å². The molecule has 3 aromatic rings. The largest absolute Gasteiger partial charge is 0.336 e. The summed E-state index contributed by atoms with van der Waals surface area (Å²) in [4.78, 5) is 9.25. The van der Waals surface area contributed by atoms with E-state index in [2.05, 4.69) is 20.5 Å². The van der Waals surface area contributed by atoms with Crippen LogP contribution in [-0.2, 0) is 0 Å². The first-order valence-electron chi connectivity index (χ1n) is 7.26. The average molecular weight is 324 g/mol. The Labute approximate surface area is 138 Å². The van der Waals surface area contributed by atoms with Crippen molar-refractivity contribution in [2.75, 3.05) is 5.32 Å². The summed E-state index contributed by atoms with van der Waals surface area (Å²) >= 11 is 6.40. The Bertz CT molecular complexity index is 942. The Kier molecular flexibility index (Phi) is 3.16. The van der Waals surface area contributed by atoms with Crippen molar-refractivity contribution in [2.45, 2.75) is 13.8 Å². The molecule has 0 amide bonds. The first-order valence-corrected chi connectivity index (χ1v) is 7.64. The van der Waals surface area contributed by atoms with Crippen molar-refractivity contribution in [2.24, 2.45) is 4.99 Å². The second-order valence-corrected chi connectivity index (χ2v) is 5.89. The molecule has 1 aromatic carbocycles. The molecule has 0 radical (unpaired) electrons. The van der Waals surface area contributed by atoms with Crippen molar-refractivity contribution in [1.82, 2.24) is 15.2 Å². The van der Waals surface area contributed by atoms with E-state index in [9.17, 15) is 0 Å². The molecule has 5 nitrogen and oxygen atoms in total. The Morgan fingerprint density at radius 1 is 1.09 bits per heavy atom. The number of aryl methyl sites for hydroxylation is 2. The van der Waals surface area contributed by atoms with Gasteiger partial charge in [0.05, 0.1) is 17.1 Å². The Hall–Kier alpha value is -2.66. The number of hydrogen-bond donors (Lipinski definition) is 2. The van der Waals surface area contributed by atoms with E-state index < -0.39 is 0 Å². The quantitative estimate of drug-likeness (QED) is 0.549. The Morgan fingerprint density at radius 3 is 2.74 bits per heavy atom. The highest BCUT2D eigenvalue weighted by atomic mass is 35.5. The summed E-state index contributed by atoms with van der Waals surface area (Å²) in [5.41, 5.74) is 6.08. The molecule has 1 aliphatic rings. The van der Waals surface area contributed by atoms with Crippen molar-refractivity contribution < 1.29 is 0 Å². The number of anilines is 2. The molecule has 6 heteroatoms. The summed E-state index contributed by atoms with van der Waals surface area (Å²) in [6, 6.07) is 9.67. The molecule has 1 aliphatic heterocycles. The molecule has 2 aromatic heterocycles. The minimum Gasteiger partial charge on any atom is -0.336 e. The van der Waals surface area contributed by atoms with Crippen LogP contribution < -0.4 is 5.32 Å². The van der Waals surface area contributed by atoms with Crippen LogP contribution in [0.4, 0.5) is 17.2 Å². The van der Waals surface area contributed by atoms with E-state index in [1.807, 2.05) is 50.4 Å². The van der Waals surface area contributed by atoms with Gasteiger partial charge < -0.3 is 5.32 Å². The first kappa shape index (κ1) is 14.0. The van der Waals surface area contributed by atoms with Gasteiger partial charge in [-0.3, -0.25) is 10.1 Å². The number of fused-ring (bicyclic) bond motifs is 2. The zero-order valence-corrected chi connectivity index (χ0v) is 13.4. The molecular weight excluding hydrogens is 310 g/mol. The van der Waals surface area contributed by atoms with Gasteiger partial charge in [-0.2, -0.15) is 5.10 Å². The van der Waals surface area contributed by atoms with Crippen molar-refractivity contribution in [3.8, 4) is 0 Å². The number of halogens is 1. The van der Waals surface area contributed by atoms with Crippen LogP contribution in [0, 0.1) is 13.8 Å². The van der Waals surface area contributed by atoms with Gasteiger partial charge in [0, 0.05) is 28.0 Å². The van der Waals surface area contributed by atoms with E-state index in [0.717, 1.165) is 39.6 Å². The highest BCUT2D eigenvalue weighted by molar-refractivity contribution is 6.36. The molecule has 0 aliphatic carbocycles. The molecule has 114 valence electrons. The van der Waals surface area contributed by atoms with E-state index in [1.165, 1.54) is 0 Å². The van der Waals surface area contributed by atoms with Gasteiger partial charge in [0.1, 0.15) is 5.69 Å². The third-order valence-corrected chi connectivity index (χ3v) is 4.15. The van der Waals surface area contributed by atoms with Crippen LogP contribution in [0.15, 0.2) is 41.5 Å². The molecule has 0 saturated heterocycles. The lowest BCUT2D eigenvalue weighted by molar-refractivity contribution is 1.05. The van der Waals surface area contributed by atoms with Crippen molar-refractivity contribution in [3.63, 3.8) is 0 Å². The summed E-state index contributed by atoms with van der Waals surface area (Å²) in [6.07, 6.45) is 1.82. The number of aliphatic imine (C=N–C) groups is 1. The summed E-state index contributed by atoms with van der Waals surface area (Å²) in [6.45, 7) is 3.90. The molecule has 0 saturated carbocycles. The van der Waals surface area contributed by atoms with Crippen molar-refractivity contribution in [3.05, 3.63) is 64.1 Å². The summed E-state index contributed by atoms with van der Waals surface area (Å²) in [5, 5.41) is 11.3. The predicted molar refractivity (Wildman–Crippen MR) is 92.3 cm³/mol. The number of aromatic amines is 1. The molecule has 0 fully saturated rings. The monoisotopic (exact) mass is 323 g/mol. The average Bonchev–Trinajstić information content (AvgIpc) is 2.78. The lowest BCUT2D eigenvalue weighted by Gasteiger charge is -2.11. The second-order valence-electron chi connectivity index (χ2n) is 5.48. The Balaban J connectivity index is 2.04. The van der Waals surface area contributed by atoms with Crippen LogP contribution in [0.5, 0.6) is 0 Å². The number of H-pyrrole nitrogens is 1. The zero-order chi connectivity index (χ0) is 16.0. The molecule has 3 heterocycles. The summed E-state index contributed by atoms with van der Waals surface area (Å²) in [5.74, 6) is 0.705. The van der Waals surface area contributed by atoms with Crippen LogP contribution in [0.3, 0.4) is 0 Å². The third kappa shape index (κ3) is 2.29. The molecule has 4 rings (SSSR count). The van der Waals surface area contributed by atoms with Crippen molar-refractivity contribution in [1.29, 1.82) is 0 Å². The van der Waals surface area contributed by atoms with Gasteiger partial charge in [-0.1, -0.05) is 29.8 Å². The molecule has 0 unspecified atom stereocenters. The first-order chi connectivity index (χ1) is 11.1.